The molecule has 134 valence electrons. The maximum absolute atomic E-state index is 12.1. The van der Waals surface area contributed by atoms with E-state index in [0.717, 1.165) is 11.3 Å². The first-order chi connectivity index (χ1) is 12.6. The van der Waals surface area contributed by atoms with Crippen molar-refractivity contribution < 1.29 is 14.3 Å². The third-order valence-electron chi connectivity index (χ3n) is 3.58. The Kier molecular flexibility index (Phi) is 5.75. The van der Waals surface area contributed by atoms with Crippen LogP contribution in [0.15, 0.2) is 42.7 Å². The van der Waals surface area contributed by atoms with Crippen molar-refractivity contribution in [2.75, 3.05) is 13.7 Å². The summed E-state index contributed by atoms with van der Waals surface area (Å²) in [4.78, 5) is 20.2. The molecule has 1 aromatic heterocycles. The van der Waals surface area contributed by atoms with Gasteiger partial charge in [-0.2, -0.15) is 0 Å². The van der Waals surface area contributed by atoms with Crippen molar-refractivity contribution in [3.8, 4) is 11.6 Å². The molecular formula is C18H15Cl2N3O3. The van der Waals surface area contributed by atoms with Gasteiger partial charge in [0.05, 0.1) is 23.0 Å². The summed E-state index contributed by atoms with van der Waals surface area (Å²) in [5, 5.41) is 4.15. The van der Waals surface area contributed by atoms with Crippen LogP contribution in [-0.4, -0.2) is 29.6 Å². The molecule has 0 bridgehead atoms. The molecule has 0 saturated carbocycles. The van der Waals surface area contributed by atoms with Gasteiger partial charge in [-0.15, -0.1) is 0 Å². The molecule has 6 nitrogen and oxygen atoms in total. The van der Waals surface area contributed by atoms with Crippen molar-refractivity contribution in [1.82, 2.24) is 15.3 Å². The first kappa shape index (κ1) is 18.2. The number of methoxy groups -OCH3 is 1. The van der Waals surface area contributed by atoms with E-state index < -0.39 is 0 Å². The van der Waals surface area contributed by atoms with E-state index in [-0.39, 0.29) is 18.4 Å². The molecule has 2 aromatic carbocycles. The molecule has 1 amide bonds. The van der Waals surface area contributed by atoms with Crippen molar-refractivity contribution in [1.29, 1.82) is 0 Å². The molecule has 8 heteroatoms. The molecule has 0 unspecified atom stereocenters. The van der Waals surface area contributed by atoms with Crippen LogP contribution in [0.25, 0.3) is 10.9 Å². The lowest BCUT2D eigenvalue weighted by molar-refractivity contribution is -0.123. The normalized spacial score (nSPS) is 10.6. The summed E-state index contributed by atoms with van der Waals surface area (Å²) >= 11 is 12.1. The molecule has 0 atom stereocenters. The Morgan fingerprint density at radius 1 is 1.19 bits per heavy atom. The lowest BCUT2D eigenvalue weighted by atomic mass is 10.2. The molecule has 1 heterocycles. The molecule has 0 spiro atoms. The summed E-state index contributed by atoms with van der Waals surface area (Å²) in [6.45, 7) is 0.168. The number of rotatable bonds is 6. The Balaban J connectivity index is 1.63. The SMILES string of the molecule is COc1cccc(CNC(=O)COc2ncnc3c(Cl)cc(Cl)cc23)c1. The average Bonchev–Trinajstić information content (AvgIpc) is 2.65. The molecular weight excluding hydrogens is 377 g/mol. The van der Waals surface area contributed by atoms with Gasteiger partial charge in [-0.05, 0) is 29.8 Å². The summed E-state index contributed by atoms with van der Waals surface area (Å²) in [7, 11) is 1.59. The number of carbonyl (C=O) groups excluding carboxylic acids is 1. The van der Waals surface area contributed by atoms with Crippen molar-refractivity contribution in [2.45, 2.75) is 6.54 Å². The topological polar surface area (TPSA) is 73.3 Å². The van der Waals surface area contributed by atoms with Crippen LogP contribution < -0.4 is 14.8 Å². The number of ether oxygens (including phenoxy) is 2. The molecule has 3 rings (SSSR count). The van der Waals surface area contributed by atoms with E-state index in [1.54, 1.807) is 19.2 Å². The number of nitrogens with one attached hydrogen (secondary N) is 1. The number of halogens is 2. The first-order valence-corrected chi connectivity index (χ1v) is 8.44. The molecule has 1 N–H and O–H groups in total. The lowest BCUT2D eigenvalue weighted by Crippen LogP contribution is -2.28. The van der Waals surface area contributed by atoms with E-state index in [1.807, 2.05) is 24.3 Å². The zero-order chi connectivity index (χ0) is 18.5. The van der Waals surface area contributed by atoms with E-state index in [9.17, 15) is 4.79 Å². The zero-order valence-electron chi connectivity index (χ0n) is 13.8. The molecule has 3 aromatic rings. The number of fused-ring (bicyclic) bond motifs is 1. The van der Waals surface area contributed by atoms with Gasteiger partial charge in [-0.25, -0.2) is 9.97 Å². The highest BCUT2D eigenvalue weighted by Gasteiger charge is 2.11. The second-order valence-electron chi connectivity index (χ2n) is 5.38. The molecule has 0 saturated heterocycles. The monoisotopic (exact) mass is 391 g/mol. The minimum absolute atomic E-state index is 0.194. The van der Waals surface area contributed by atoms with Gasteiger partial charge in [0, 0.05) is 11.6 Å². The molecule has 0 aliphatic heterocycles. The van der Waals surface area contributed by atoms with Crippen LogP contribution in [0, 0.1) is 0 Å². The fraction of sp³-hybridized carbons (Fsp3) is 0.167. The Bertz CT molecular complexity index is 950. The van der Waals surface area contributed by atoms with E-state index in [0.29, 0.717) is 27.5 Å². The summed E-state index contributed by atoms with van der Waals surface area (Å²) in [5.41, 5.74) is 1.43. The molecule has 0 aliphatic rings. The minimum atomic E-state index is -0.285. The Labute approximate surface area is 160 Å². The van der Waals surface area contributed by atoms with Crippen LogP contribution in [-0.2, 0) is 11.3 Å². The van der Waals surface area contributed by atoms with Gasteiger partial charge in [0.15, 0.2) is 6.61 Å². The van der Waals surface area contributed by atoms with E-state index >= 15 is 0 Å². The van der Waals surface area contributed by atoms with Crippen LogP contribution in [0.2, 0.25) is 10.0 Å². The molecule has 0 aliphatic carbocycles. The van der Waals surface area contributed by atoms with Gasteiger partial charge < -0.3 is 14.8 Å². The highest BCUT2D eigenvalue weighted by Crippen LogP contribution is 2.30. The standard InChI is InChI=1S/C18H15Cl2N3O3/c1-25-13-4-2-3-11(5-13)8-21-16(24)9-26-18-14-6-12(19)7-15(20)17(14)22-10-23-18/h2-7,10H,8-9H2,1H3,(H,21,24). The van der Waals surface area contributed by atoms with Crippen LogP contribution in [0.5, 0.6) is 11.6 Å². The Morgan fingerprint density at radius 2 is 2.04 bits per heavy atom. The van der Waals surface area contributed by atoms with Gasteiger partial charge >= 0.3 is 0 Å². The summed E-state index contributed by atoms with van der Waals surface area (Å²) < 4.78 is 10.7. The van der Waals surface area contributed by atoms with Crippen molar-refractivity contribution in [3.63, 3.8) is 0 Å². The maximum atomic E-state index is 12.1. The predicted octanol–water partition coefficient (Wildman–Crippen LogP) is 3.64. The van der Waals surface area contributed by atoms with E-state index in [4.69, 9.17) is 32.7 Å². The van der Waals surface area contributed by atoms with Gasteiger partial charge in [-0.1, -0.05) is 35.3 Å². The Morgan fingerprint density at radius 3 is 2.85 bits per heavy atom. The number of hydrogen-bond donors (Lipinski definition) is 1. The quantitative estimate of drug-likeness (QED) is 0.694. The number of nitrogens with zero attached hydrogens (tertiary/aromatic N) is 2. The Hall–Kier alpha value is -2.57. The smallest absolute Gasteiger partial charge is 0.258 e. The highest BCUT2D eigenvalue weighted by molar-refractivity contribution is 6.38. The van der Waals surface area contributed by atoms with Gasteiger partial charge in [0.1, 0.15) is 12.1 Å². The second-order valence-corrected chi connectivity index (χ2v) is 6.22. The molecule has 0 radical (unpaired) electrons. The first-order valence-electron chi connectivity index (χ1n) is 7.69. The number of aromatic nitrogens is 2. The fourth-order valence-corrected chi connectivity index (χ4v) is 2.89. The average molecular weight is 392 g/mol. The second kappa shape index (κ2) is 8.21. The zero-order valence-corrected chi connectivity index (χ0v) is 15.3. The fourth-order valence-electron chi connectivity index (χ4n) is 2.35. The summed E-state index contributed by atoms with van der Waals surface area (Å²) in [6.07, 6.45) is 1.33. The number of amides is 1. The number of carbonyl (C=O) groups is 1. The minimum Gasteiger partial charge on any atom is -0.497 e. The van der Waals surface area contributed by atoms with Gasteiger partial charge in [0.25, 0.3) is 5.91 Å². The third kappa shape index (κ3) is 4.33. The summed E-state index contributed by atoms with van der Waals surface area (Å²) in [6, 6.07) is 10.7. The van der Waals surface area contributed by atoms with Crippen LogP contribution in [0.4, 0.5) is 0 Å². The number of benzene rings is 2. The van der Waals surface area contributed by atoms with E-state index in [1.165, 1.54) is 6.33 Å². The van der Waals surface area contributed by atoms with Crippen molar-refractivity contribution >= 4 is 40.0 Å². The predicted molar refractivity (Wildman–Crippen MR) is 99.9 cm³/mol. The van der Waals surface area contributed by atoms with E-state index in [2.05, 4.69) is 15.3 Å². The maximum Gasteiger partial charge on any atom is 0.258 e. The van der Waals surface area contributed by atoms with Crippen molar-refractivity contribution in [2.24, 2.45) is 0 Å². The summed E-state index contributed by atoms with van der Waals surface area (Å²) in [5.74, 6) is 0.692. The highest BCUT2D eigenvalue weighted by atomic mass is 35.5. The number of hydrogen-bond acceptors (Lipinski definition) is 5. The molecule has 26 heavy (non-hydrogen) atoms. The van der Waals surface area contributed by atoms with Crippen LogP contribution >= 0.6 is 23.2 Å². The van der Waals surface area contributed by atoms with Crippen LogP contribution in [0.1, 0.15) is 5.56 Å². The largest absolute Gasteiger partial charge is 0.497 e. The lowest BCUT2D eigenvalue weighted by Gasteiger charge is -2.10. The van der Waals surface area contributed by atoms with Crippen LogP contribution in [0.3, 0.4) is 0 Å². The molecule has 0 fully saturated rings. The van der Waals surface area contributed by atoms with Gasteiger partial charge in [-0.3, -0.25) is 4.79 Å². The third-order valence-corrected chi connectivity index (χ3v) is 4.09. The van der Waals surface area contributed by atoms with Crippen molar-refractivity contribution in [3.05, 3.63) is 58.3 Å². The van der Waals surface area contributed by atoms with Gasteiger partial charge in [0.2, 0.25) is 5.88 Å².